The topological polar surface area (TPSA) is 125 Å². The predicted molar refractivity (Wildman–Crippen MR) is 156 cm³/mol. The lowest BCUT2D eigenvalue weighted by Gasteiger charge is -2.42. The molecular weight excluding hydrogens is 538 g/mol. The van der Waals surface area contributed by atoms with Crippen molar-refractivity contribution in [2.45, 2.75) is 90.4 Å². The largest absolute Gasteiger partial charge is 0.480 e. The number of unbranched alkanes of at least 4 members (excludes halogenated alkanes) is 5. The molecule has 228 valence electrons. The lowest BCUT2D eigenvalue weighted by atomic mass is 9.94. The van der Waals surface area contributed by atoms with Crippen molar-refractivity contribution < 1.29 is 33.9 Å². The molecule has 3 amide bonds. The van der Waals surface area contributed by atoms with Crippen LogP contribution in [0, 0.1) is 5.92 Å². The number of carboxylic acids is 1. The molecule has 2 aromatic carbocycles. The van der Waals surface area contributed by atoms with Crippen LogP contribution < -0.4 is 5.48 Å². The Kier molecular flexibility index (Phi) is 13.8. The third kappa shape index (κ3) is 10.5. The zero-order valence-electron chi connectivity index (χ0n) is 24.4. The molecule has 2 N–H and O–H groups in total. The van der Waals surface area contributed by atoms with Crippen LogP contribution in [0.2, 0.25) is 0 Å². The van der Waals surface area contributed by atoms with Gasteiger partial charge < -0.3 is 9.84 Å². The number of aliphatic carboxylic acids is 1. The van der Waals surface area contributed by atoms with Gasteiger partial charge in [0.25, 0.3) is 0 Å². The summed E-state index contributed by atoms with van der Waals surface area (Å²) in [5.74, 6) is -3.11. The minimum Gasteiger partial charge on any atom is -0.480 e. The Labute approximate surface area is 247 Å². The summed E-state index contributed by atoms with van der Waals surface area (Å²) in [6.07, 6.45) is 5.93. The average molecular weight is 582 g/mol. The van der Waals surface area contributed by atoms with Gasteiger partial charge in [0.1, 0.15) is 6.61 Å². The van der Waals surface area contributed by atoms with Crippen molar-refractivity contribution in [3.63, 3.8) is 0 Å². The van der Waals surface area contributed by atoms with Gasteiger partial charge >= 0.3 is 12.1 Å². The zero-order chi connectivity index (χ0) is 30.2. The molecule has 0 unspecified atom stereocenters. The van der Waals surface area contributed by atoms with Crippen LogP contribution in [-0.2, 0) is 37.2 Å². The smallest absolute Gasteiger partial charge is 0.429 e. The Balaban J connectivity index is 1.71. The molecule has 1 fully saturated rings. The number of hydroxylamine groups is 1. The first-order valence-electron chi connectivity index (χ1n) is 14.9. The van der Waals surface area contributed by atoms with Crippen LogP contribution in [-0.4, -0.2) is 51.6 Å². The molecular formula is C32H43N3O7. The van der Waals surface area contributed by atoms with E-state index in [1.165, 1.54) is 0 Å². The van der Waals surface area contributed by atoms with Crippen LogP contribution in [0.15, 0.2) is 60.7 Å². The minimum absolute atomic E-state index is 0.0156. The molecule has 2 aromatic rings. The molecule has 1 aliphatic heterocycles. The number of hydrazine groups is 1. The Morgan fingerprint density at radius 3 is 2.17 bits per heavy atom. The van der Waals surface area contributed by atoms with E-state index in [4.69, 9.17) is 9.57 Å². The van der Waals surface area contributed by atoms with Crippen LogP contribution in [0.4, 0.5) is 4.79 Å². The number of benzene rings is 2. The van der Waals surface area contributed by atoms with Crippen molar-refractivity contribution in [3.05, 3.63) is 71.8 Å². The second-order valence-corrected chi connectivity index (χ2v) is 10.6. The van der Waals surface area contributed by atoms with Crippen LogP contribution in [0.3, 0.4) is 0 Å². The number of amides is 3. The van der Waals surface area contributed by atoms with Gasteiger partial charge in [-0.3, -0.25) is 14.4 Å². The number of nitrogens with one attached hydrogen (secondary N) is 1. The molecule has 0 spiro atoms. The first-order chi connectivity index (χ1) is 20.4. The molecule has 1 aliphatic rings. The minimum atomic E-state index is -1.24. The fraction of sp³-hybridized carbons (Fsp3) is 0.500. The van der Waals surface area contributed by atoms with Crippen LogP contribution in [0.1, 0.15) is 82.3 Å². The van der Waals surface area contributed by atoms with E-state index in [0.717, 1.165) is 53.2 Å². The highest BCUT2D eigenvalue weighted by molar-refractivity contribution is 5.90. The molecule has 0 saturated carbocycles. The SMILES string of the molecule is CCCCCCCC[C@H](CC(=O)NOCc1ccccc1)C(=O)N1[C@H](C(=O)O)CCCN1C(=O)OCc1ccccc1. The Hall–Kier alpha value is -3.92. The van der Waals surface area contributed by atoms with E-state index in [2.05, 4.69) is 12.4 Å². The molecule has 2 atom stereocenters. The van der Waals surface area contributed by atoms with Gasteiger partial charge in [-0.1, -0.05) is 106 Å². The van der Waals surface area contributed by atoms with Crippen LogP contribution in [0.25, 0.3) is 0 Å². The summed E-state index contributed by atoms with van der Waals surface area (Å²) in [5.41, 5.74) is 4.05. The number of carboxylic acid groups (broad SMARTS) is 1. The Morgan fingerprint density at radius 1 is 0.905 bits per heavy atom. The highest BCUT2D eigenvalue weighted by atomic mass is 16.6. The average Bonchev–Trinajstić information content (AvgIpc) is 3.01. The maximum Gasteiger partial charge on any atom is 0.429 e. The summed E-state index contributed by atoms with van der Waals surface area (Å²) in [6, 6.07) is 17.2. The number of hydrogen-bond acceptors (Lipinski definition) is 6. The second-order valence-electron chi connectivity index (χ2n) is 10.6. The summed E-state index contributed by atoms with van der Waals surface area (Å²) in [5, 5.41) is 12.1. The quantitative estimate of drug-likeness (QED) is 0.195. The standard InChI is InChI=1S/C32H43N3O7/c1-2-3-4-5-6-13-19-27(22-29(36)33-42-24-26-17-11-8-12-18-26)30(37)35-28(31(38)39)20-14-21-34(35)32(40)41-23-25-15-9-7-10-16-25/h7-12,15-18,27-28H,2-6,13-14,19-24H2,1H3,(H,33,36)(H,38,39)/t27-,28+/m1/s1. The molecule has 42 heavy (non-hydrogen) atoms. The summed E-state index contributed by atoms with van der Waals surface area (Å²) >= 11 is 0. The Morgan fingerprint density at radius 2 is 1.52 bits per heavy atom. The lowest BCUT2D eigenvalue weighted by molar-refractivity contribution is -0.174. The summed E-state index contributed by atoms with van der Waals surface area (Å²) in [4.78, 5) is 57.6. The number of carbonyl (C=O) groups excluding carboxylic acids is 3. The molecule has 0 aromatic heterocycles. The summed E-state index contributed by atoms with van der Waals surface area (Å²) in [6.45, 7) is 2.43. The van der Waals surface area contributed by atoms with Crippen LogP contribution >= 0.6 is 0 Å². The third-order valence-electron chi connectivity index (χ3n) is 7.28. The fourth-order valence-corrected chi connectivity index (χ4v) is 5.02. The van der Waals surface area contributed by atoms with Gasteiger partial charge in [0.05, 0.1) is 6.61 Å². The normalized spacial score (nSPS) is 15.6. The number of hydrogen-bond donors (Lipinski definition) is 2. The van der Waals surface area contributed by atoms with E-state index in [9.17, 15) is 24.3 Å². The Bertz CT molecular complexity index is 1130. The van der Waals surface area contributed by atoms with E-state index in [1.54, 1.807) is 0 Å². The van der Waals surface area contributed by atoms with Crippen molar-refractivity contribution >= 4 is 23.9 Å². The second kappa shape index (κ2) is 17.8. The fourth-order valence-electron chi connectivity index (χ4n) is 5.02. The molecule has 1 saturated heterocycles. The zero-order valence-corrected chi connectivity index (χ0v) is 24.4. The van der Waals surface area contributed by atoms with Gasteiger partial charge in [0.2, 0.25) is 11.8 Å². The maximum absolute atomic E-state index is 14.0. The molecule has 10 nitrogen and oxygen atoms in total. The first kappa shape index (κ1) is 32.6. The molecule has 1 heterocycles. The van der Waals surface area contributed by atoms with Gasteiger partial charge in [0.15, 0.2) is 6.04 Å². The highest BCUT2D eigenvalue weighted by Gasteiger charge is 2.43. The number of nitrogens with zero attached hydrogens (tertiary/aromatic N) is 2. The van der Waals surface area contributed by atoms with E-state index in [1.807, 2.05) is 60.7 Å². The van der Waals surface area contributed by atoms with Crippen molar-refractivity contribution in [2.75, 3.05) is 6.54 Å². The van der Waals surface area contributed by atoms with Gasteiger partial charge in [-0.2, -0.15) is 0 Å². The molecule has 0 radical (unpaired) electrons. The molecule has 0 bridgehead atoms. The van der Waals surface area contributed by atoms with Gasteiger partial charge in [-0.15, -0.1) is 0 Å². The molecule has 10 heteroatoms. The van der Waals surface area contributed by atoms with E-state index in [0.29, 0.717) is 19.3 Å². The first-order valence-corrected chi connectivity index (χ1v) is 14.9. The number of ether oxygens (including phenoxy) is 1. The van der Waals surface area contributed by atoms with Gasteiger partial charge in [-0.25, -0.2) is 25.1 Å². The van der Waals surface area contributed by atoms with E-state index < -0.39 is 35.8 Å². The predicted octanol–water partition coefficient (Wildman–Crippen LogP) is 5.62. The summed E-state index contributed by atoms with van der Waals surface area (Å²) < 4.78 is 5.47. The van der Waals surface area contributed by atoms with Crippen molar-refractivity contribution in [1.82, 2.24) is 15.5 Å². The van der Waals surface area contributed by atoms with E-state index in [-0.39, 0.29) is 32.6 Å². The van der Waals surface area contributed by atoms with E-state index >= 15 is 0 Å². The number of rotatable bonds is 16. The highest BCUT2D eigenvalue weighted by Crippen LogP contribution is 2.26. The third-order valence-corrected chi connectivity index (χ3v) is 7.28. The molecule has 3 rings (SSSR count). The van der Waals surface area contributed by atoms with Crippen LogP contribution in [0.5, 0.6) is 0 Å². The lowest BCUT2D eigenvalue weighted by Crippen LogP contribution is -2.61. The van der Waals surface area contributed by atoms with Crippen molar-refractivity contribution in [2.24, 2.45) is 5.92 Å². The maximum atomic E-state index is 14.0. The summed E-state index contributed by atoms with van der Waals surface area (Å²) in [7, 11) is 0. The van der Waals surface area contributed by atoms with Gasteiger partial charge in [-0.05, 0) is 30.4 Å². The van der Waals surface area contributed by atoms with Gasteiger partial charge in [0, 0.05) is 18.9 Å². The molecule has 0 aliphatic carbocycles. The number of carbonyl (C=O) groups is 4. The van der Waals surface area contributed by atoms with Crippen molar-refractivity contribution in [1.29, 1.82) is 0 Å². The monoisotopic (exact) mass is 581 g/mol. The van der Waals surface area contributed by atoms with Crippen molar-refractivity contribution in [3.8, 4) is 0 Å².